The molecule has 1 aliphatic rings. The second-order valence-corrected chi connectivity index (χ2v) is 6.33. The minimum Gasteiger partial charge on any atom is -0.376 e. The van der Waals surface area contributed by atoms with Crippen molar-refractivity contribution in [2.24, 2.45) is 0 Å². The fourth-order valence-electron chi connectivity index (χ4n) is 2.88. The van der Waals surface area contributed by atoms with Gasteiger partial charge in [0.2, 0.25) is 5.91 Å². The number of carbonyl (C=O) groups excluding carboxylic acids is 1. The highest BCUT2D eigenvalue weighted by molar-refractivity contribution is 5.80. The molecule has 0 bridgehead atoms. The summed E-state index contributed by atoms with van der Waals surface area (Å²) in [5, 5.41) is 6.26. The Labute approximate surface area is 138 Å². The van der Waals surface area contributed by atoms with E-state index in [9.17, 15) is 4.79 Å². The largest absolute Gasteiger partial charge is 0.376 e. The maximum atomic E-state index is 12.1. The zero-order valence-corrected chi connectivity index (χ0v) is 13.6. The maximum Gasteiger partial charge on any atom is 0.239 e. The molecule has 3 nitrogen and oxygen atoms in total. The van der Waals surface area contributed by atoms with Crippen LogP contribution in [0.1, 0.15) is 30.9 Å². The van der Waals surface area contributed by atoms with Gasteiger partial charge in [-0.1, -0.05) is 49.4 Å². The van der Waals surface area contributed by atoms with Crippen LogP contribution in [0.5, 0.6) is 0 Å². The fraction of sp³-hybridized carbons (Fsp3) is 0.350. The van der Waals surface area contributed by atoms with Crippen LogP contribution in [0.4, 0.5) is 5.69 Å². The van der Waals surface area contributed by atoms with Crippen molar-refractivity contribution in [3.05, 3.63) is 65.7 Å². The summed E-state index contributed by atoms with van der Waals surface area (Å²) < 4.78 is 0. The second kappa shape index (κ2) is 6.86. The Morgan fingerprint density at radius 2 is 1.74 bits per heavy atom. The first-order chi connectivity index (χ1) is 11.2. The lowest BCUT2D eigenvalue weighted by Gasteiger charge is -2.17. The SMILES string of the molecule is CCc1ccc(NCC(=O)NCC2(c3ccccc3)CC2)cc1. The van der Waals surface area contributed by atoms with Crippen LogP contribution in [0.3, 0.4) is 0 Å². The van der Waals surface area contributed by atoms with Crippen LogP contribution in [-0.2, 0) is 16.6 Å². The number of anilines is 1. The zero-order chi connectivity index (χ0) is 16.1. The molecule has 0 aliphatic heterocycles. The molecule has 0 atom stereocenters. The van der Waals surface area contributed by atoms with Crippen molar-refractivity contribution in [2.45, 2.75) is 31.6 Å². The topological polar surface area (TPSA) is 41.1 Å². The molecule has 3 heteroatoms. The lowest BCUT2D eigenvalue weighted by atomic mass is 9.96. The van der Waals surface area contributed by atoms with Gasteiger partial charge in [-0.05, 0) is 42.5 Å². The van der Waals surface area contributed by atoms with Crippen molar-refractivity contribution >= 4 is 11.6 Å². The molecule has 2 N–H and O–H groups in total. The lowest BCUT2D eigenvalue weighted by Crippen LogP contribution is -2.35. The molecule has 0 saturated heterocycles. The van der Waals surface area contributed by atoms with Crippen molar-refractivity contribution in [3.63, 3.8) is 0 Å². The van der Waals surface area contributed by atoms with Crippen LogP contribution in [0.15, 0.2) is 54.6 Å². The molecule has 23 heavy (non-hydrogen) atoms. The van der Waals surface area contributed by atoms with E-state index in [0.29, 0.717) is 6.54 Å². The molecule has 0 spiro atoms. The number of aryl methyl sites for hydroxylation is 1. The average molecular weight is 308 g/mol. The van der Waals surface area contributed by atoms with Gasteiger partial charge in [0, 0.05) is 17.6 Å². The van der Waals surface area contributed by atoms with Crippen LogP contribution in [0.2, 0.25) is 0 Å². The van der Waals surface area contributed by atoms with Crippen molar-refractivity contribution in [1.82, 2.24) is 5.32 Å². The van der Waals surface area contributed by atoms with Gasteiger partial charge in [0.25, 0.3) is 0 Å². The Morgan fingerprint density at radius 3 is 2.35 bits per heavy atom. The Hall–Kier alpha value is -2.29. The first-order valence-electron chi connectivity index (χ1n) is 8.37. The number of amides is 1. The van der Waals surface area contributed by atoms with E-state index in [1.807, 2.05) is 18.2 Å². The molecule has 0 radical (unpaired) electrons. The molecule has 0 unspecified atom stereocenters. The van der Waals surface area contributed by atoms with E-state index in [1.165, 1.54) is 11.1 Å². The van der Waals surface area contributed by atoms with Gasteiger partial charge in [0.05, 0.1) is 6.54 Å². The molecule has 1 saturated carbocycles. The minimum absolute atomic E-state index is 0.0479. The van der Waals surface area contributed by atoms with Crippen LogP contribution >= 0.6 is 0 Å². The molecule has 1 amide bonds. The Balaban J connectivity index is 1.46. The van der Waals surface area contributed by atoms with Crippen LogP contribution in [-0.4, -0.2) is 19.0 Å². The van der Waals surface area contributed by atoms with E-state index in [0.717, 1.165) is 31.5 Å². The van der Waals surface area contributed by atoms with Crippen molar-refractivity contribution in [2.75, 3.05) is 18.4 Å². The summed E-state index contributed by atoms with van der Waals surface area (Å²) in [7, 11) is 0. The van der Waals surface area contributed by atoms with Gasteiger partial charge in [0.1, 0.15) is 0 Å². The molecular weight excluding hydrogens is 284 g/mol. The van der Waals surface area contributed by atoms with Crippen LogP contribution < -0.4 is 10.6 Å². The van der Waals surface area contributed by atoms with Crippen molar-refractivity contribution < 1.29 is 4.79 Å². The lowest BCUT2D eigenvalue weighted by molar-refractivity contribution is -0.119. The molecule has 1 aliphatic carbocycles. The zero-order valence-electron chi connectivity index (χ0n) is 13.6. The molecule has 120 valence electrons. The average Bonchev–Trinajstić information content (AvgIpc) is 3.41. The van der Waals surface area contributed by atoms with E-state index in [4.69, 9.17) is 0 Å². The summed E-state index contributed by atoms with van der Waals surface area (Å²) in [5.41, 5.74) is 3.79. The van der Waals surface area contributed by atoms with Gasteiger partial charge in [-0.25, -0.2) is 0 Å². The number of hydrogen-bond acceptors (Lipinski definition) is 2. The first-order valence-corrected chi connectivity index (χ1v) is 8.37. The highest BCUT2D eigenvalue weighted by atomic mass is 16.1. The first kappa shape index (κ1) is 15.6. The summed E-state index contributed by atoms with van der Waals surface area (Å²) in [6.45, 7) is 3.18. The second-order valence-electron chi connectivity index (χ2n) is 6.33. The van der Waals surface area contributed by atoms with Gasteiger partial charge in [-0.3, -0.25) is 4.79 Å². The number of hydrogen-bond donors (Lipinski definition) is 2. The van der Waals surface area contributed by atoms with E-state index < -0.39 is 0 Å². The molecule has 2 aromatic carbocycles. The molecule has 1 fully saturated rings. The fourth-order valence-corrected chi connectivity index (χ4v) is 2.88. The van der Waals surface area contributed by atoms with E-state index >= 15 is 0 Å². The third-order valence-electron chi connectivity index (χ3n) is 4.68. The predicted molar refractivity (Wildman–Crippen MR) is 94.7 cm³/mol. The normalized spacial score (nSPS) is 15.0. The molecule has 0 aromatic heterocycles. The Morgan fingerprint density at radius 1 is 1.04 bits per heavy atom. The number of rotatable bonds is 7. The van der Waals surface area contributed by atoms with E-state index in [2.05, 4.69) is 54.0 Å². The quantitative estimate of drug-likeness (QED) is 0.822. The van der Waals surface area contributed by atoms with Crippen LogP contribution in [0, 0.1) is 0 Å². The molecule has 2 aromatic rings. The number of benzene rings is 2. The standard InChI is InChI=1S/C20H24N2O/c1-2-16-8-10-18(11-9-16)21-14-19(23)22-15-20(12-13-20)17-6-4-3-5-7-17/h3-11,21H,2,12-15H2,1H3,(H,22,23). The van der Waals surface area contributed by atoms with Crippen molar-refractivity contribution in [1.29, 1.82) is 0 Å². The summed E-state index contributed by atoms with van der Waals surface area (Å²) in [6, 6.07) is 18.7. The Kier molecular flexibility index (Phi) is 4.65. The highest BCUT2D eigenvalue weighted by Gasteiger charge is 2.44. The molecule has 3 rings (SSSR count). The van der Waals surface area contributed by atoms with Crippen LogP contribution in [0.25, 0.3) is 0 Å². The van der Waals surface area contributed by atoms with Gasteiger partial charge in [0.15, 0.2) is 0 Å². The van der Waals surface area contributed by atoms with Gasteiger partial charge in [-0.2, -0.15) is 0 Å². The summed E-state index contributed by atoms with van der Waals surface area (Å²) in [6.07, 6.45) is 3.34. The number of nitrogens with one attached hydrogen (secondary N) is 2. The van der Waals surface area contributed by atoms with Gasteiger partial charge >= 0.3 is 0 Å². The predicted octanol–water partition coefficient (Wildman–Crippen LogP) is 3.51. The summed E-state index contributed by atoms with van der Waals surface area (Å²) in [5.74, 6) is 0.0479. The highest BCUT2D eigenvalue weighted by Crippen LogP contribution is 2.47. The molecular formula is C20H24N2O. The maximum absolute atomic E-state index is 12.1. The van der Waals surface area contributed by atoms with Gasteiger partial charge < -0.3 is 10.6 Å². The smallest absolute Gasteiger partial charge is 0.239 e. The summed E-state index contributed by atoms with van der Waals surface area (Å²) >= 11 is 0. The summed E-state index contributed by atoms with van der Waals surface area (Å²) in [4.78, 5) is 12.1. The van der Waals surface area contributed by atoms with E-state index in [-0.39, 0.29) is 11.3 Å². The number of carbonyl (C=O) groups is 1. The molecule has 0 heterocycles. The van der Waals surface area contributed by atoms with Gasteiger partial charge in [-0.15, -0.1) is 0 Å². The monoisotopic (exact) mass is 308 g/mol. The Bertz CT molecular complexity index is 645. The third-order valence-corrected chi connectivity index (χ3v) is 4.68. The van der Waals surface area contributed by atoms with E-state index in [1.54, 1.807) is 0 Å². The van der Waals surface area contributed by atoms with Crippen molar-refractivity contribution in [3.8, 4) is 0 Å². The minimum atomic E-state index is 0.0479. The third kappa shape index (κ3) is 3.92.